The zero-order valence-electron chi connectivity index (χ0n) is 14.5. The lowest BCUT2D eigenvalue weighted by atomic mass is 10.1. The first kappa shape index (κ1) is 16.2. The van der Waals surface area contributed by atoms with Gasteiger partial charge in [0.15, 0.2) is 23.4 Å². The maximum Gasteiger partial charge on any atom is 0.247 e. The summed E-state index contributed by atoms with van der Waals surface area (Å²) >= 11 is 1.53. The highest BCUT2D eigenvalue weighted by Gasteiger charge is 2.27. The summed E-state index contributed by atoms with van der Waals surface area (Å²) in [6.07, 6.45) is -0.446. The Labute approximate surface area is 160 Å². The van der Waals surface area contributed by atoms with Crippen LogP contribution in [0.25, 0.3) is 11.3 Å². The van der Waals surface area contributed by atoms with Gasteiger partial charge in [0.25, 0.3) is 0 Å². The summed E-state index contributed by atoms with van der Waals surface area (Å²) < 4.78 is 17.1. The third-order valence-corrected chi connectivity index (χ3v) is 5.03. The average molecular weight is 380 g/mol. The summed E-state index contributed by atoms with van der Waals surface area (Å²) in [5.74, 6) is 2.76. The van der Waals surface area contributed by atoms with E-state index in [0.29, 0.717) is 22.5 Å². The molecule has 3 heterocycles. The standard InChI is InChI=1S/C19H16N4O3S/c1-2-27-19-21-18-16(22-23-19)12-5-3-4-6-13(12)20-17(26-18)11-7-8-14-15(9-11)25-10-24-14/h3-9,17,20H,2,10H2,1H3/t17-/m1/s1. The first-order valence-corrected chi connectivity index (χ1v) is 9.60. The summed E-state index contributed by atoms with van der Waals surface area (Å²) in [7, 11) is 0. The van der Waals surface area contributed by atoms with Crippen molar-refractivity contribution < 1.29 is 14.2 Å². The van der Waals surface area contributed by atoms with E-state index < -0.39 is 6.23 Å². The van der Waals surface area contributed by atoms with Crippen molar-refractivity contribution in [2.24, 2.45) is 0 Å². The minimum Gasteiger partial charge on any atom is -0.454 e. The monoisotopic (exact) mass is 380 g/mol. The van der Waals surface area contributed by atoms with Gasteiger partial charge in [-0.25, -0.2) is 0 Å². The third kappa shape index (κ3) is 2.91. The minimum atomic E-state index is -0.446. The molecular weight excluding hydrogens is 364 g/mol. The van der Waals surface area contributed by atoms with Crippen LogP contribution in [0.15, 0.2) is 47.6 Å². The summed E-state index contributed by atoms with van der Waals surface area (Å²) in [5.41, 5.74) is 3.35. The SMILES string of the molecule is CCSc1nnc2c(n1)O[C@H](c1ccc3c(c1)OCO3)Nc1ccccc1-2. The number of fused-ring (bicyclic) bond motifs is 4. The second kappa shape index (κ2) is 6.62. The molecule has 0 amide bonds. The summed E-state index contributed by atoms with van der Waals surface area (Å²) in [4.78, 5) is 4.58. The predicted octanol–water partition coefficient (Wildman–Crippen LogP) is 3.88. The normalized spacial score (nSPS) is 16.6. The predicted molar refractivity (Wildman–Crippen MR) is 101 cm³/mol. The molecule has 0 fully saturated rings. The van der Waals surface area contributed by atoms with Crippen LogP contribution in [0.4, 0.5) is 5.69 Å². The number of anilines is 1. The zero-order valence-corrected chi connectivity index (χ0v) is 15.3. The van der Waals surface area contributed by atoms with Crippen molar-refractivity contribution in [2.45, 2.75) is 18.3 Å². The fraction of sp³-hybridized carbons (Fsp3) is 0.211. The molecule has 0 unspecified atom stereocenters. The van der Waals surface area contributed by atoms with Gasteiger partial charge < -0.3 is 19.5 Å². The number of rotatable bonds is 3. The molecule has 27 heavy (non-hydrogen) atoms. The Balaban J connectivity index is 1.60. The van der Waals surface area contributed by atoms with Gasteiger partial charge in [-0.05, 0) is 30.0 Å². The maximum absolute atomic E-state index is 6.24. The topological polar surface area (TPSA) is 78.4 Å². The second-order valence-electron chi connectivity index (χ2n) is 5.98. The highest BCUT2D eigenvalue weighted by molar-refractivity contribution is 7.99. The fourth-order valence-electron chi connectivity index (χ4n) is 3.06. The quantitative estimate of drug-likeness (QED) is 0.686. The second-order valence-corrected chi connectivity index (χ2v) is 7.21. The number of para-hydroxylation sites is 1. The van der Waals surface area contributed by atoms with Crippen LogP contribution in [-0.4, -0.2) is 27.7 Å². The molecule has 1 N–H and O–H groups in total. The van der Waals surface area contributed by atoms with Gasteiger partial charge in [0.2, 0.25) is 17.8 Å². The highest BCUT2D eigenvalue weighted by Crippen LogP contribution is 2.41. The Morgan fingerprint density at radius 3 is 2.93 bits per heavy atom. The number of thioether (sulfide) groups is 1. The lowest BCUT2D eigenvalue weighted by Crippen LogP contribution is -2.17. The Morgan fingerprint density at radius 1 is 1.11 bits per heavy atom. The molecule has 2 aromatic carbocycles. The molecule has 0 saturated carbocycles. The van der Waals surface area contributed by atoms with Crippen molar-refractivity contribution in [2.75, 3.05) is 17.9 Å². The van der Waals surface area contributed by atoms with Crippen molar-refractivity contribution in [3.8, 4) is 28.6 Å². The number of nitrogens with zero attached hydrogens (tertiary/aromatic N) is 3. The Bertz CT molecular complexity index is 1010. The first-order valence-electron chi connectivity index (χ1n) is 8.61. The molecule has 5 rings (SSSR count). The van der Waals surface area contributed by atoms with Crippen molar-refractivity contribution in [3.05, 3.63) is 48.0 Å². The van der Waals surface area contributed by atoms with E-state index in [1.807, 2.05) is 49.4 Å². The summed E-state index contributed by atoms with van der Waals surface area (Å²) in [5, 5.41) is 12.6. The highest BCUT2D eigenvalue weighted by atomic mass is 32.2. The lowest BCUT2D eigenvalue weighted by Gasteiger charge is -2.19. The molecule has 8 heteroatoms. The molecule has 0 bridgehead atoms. The van der Waals surface area contributed by atoms with E-state index in [1.165, 1.54) is 11.8 Å². The van der Waals surface area contributed by atoms with E-state index in [-0.39, 0.29) is 6.79 Å². The molecule has 0 spiro atoms. The molecule has 2 aliphatic heterocycles. The molecule has 1 aromatic heterocycles. The number of aromatic nitrogens is 3. The van der Waals surface area contributed by atoms with Gasteiger partial charge in [-0.1, -0.05) is 36.9 Å². The summed E-state index contributed by atoms with van der Waals surface area (Å²) in [6.45, 7) is 2.28. The molecule has 2 aliphatic rings. The molecule has 0 aliphatic carbocycles. The molecule has 7 nitrogen and oxygen atoms in total. The van der Waals surface area contributed by atoms with Crippen LogP contribution in [-0.2, 0) is 0 Å². The van der Waals surface area contributed by atoms with Gasteiger partial charge in [-0.2, -0.15) is 4.98 Å². The van der Waals surface area contributed by atoms with Gasteiger partial charge in [0, 0.05) is 16.8 Å². The average Bonchev–Trinajstić information content (AvgIpc) is 3.10. The third-order valence-electron chi connectivity index (χ3n) is 4.31. The van der Waals surface area contributed by atoms with E-state index in [2.05, 4.69) is 20.5 Å². The Kier molecular flexibility index (Phi) is 3.97. The molecule has 136 valence electrons. The summed E-state index contributed by atoms with van der Waals surface area (Å²) in [6, 6.07) is 13.7. The van der Waals surface area contributed by atoms with Crippen molar-refractivity contribution in [1.82, 2.24) is 15.2 Å². The van der Waals surface area contributed by atoms with Crippen molar-refractivity contribution >= 4 is 17.4 Å². The zero-order chi connectivity index (χ0) is 18.2. The van der Waals surface area contributed by atoms with Gasteiger partial charge in [-0.15, -0.1) is 10.2 Å². The molecule has 0 radical (unpaired) electrons. The van der Waals surface area contributed by atoms with E-state index in [4.69, 9.17) is 14.2 Å². The van der Waals surface area contributed by atoms with Gasteiger partial charge >= 0.3 is 0 Å². The van der Waals surface area contributed by atoms with Crippen LogP contribution in [0.2, 0.25) is 0 Å². The number of hydrogen-bond acceptors (Lipinski definition) is 8. The Morgan fingerprint density at radius 2 is 2.00 bits per heavy atom. The molecule has 3 aromatic rings. The lowest BCUT2D eigenvalue weighted by molar-refractivity contribution is 0.173. The van der Waals surface area contributed by atoms with E-state index in [9.17, 15) is 0 Å². The van der Waals surface area contributed by atoms with Crippen LogP contribution in [0.3, 0.4) is 0 Å². The van der Waals surface area contributed by atoms with E-state index in [0.717, 1.165) is 28.3 Å². The number of ether oxygens (including phenoxy) is 3. The smallest absolute Gasteiger partial charge is 0.247 e. The van der Waals surface area contributed by atoms with Crippen LogP contribution in [0.5, 0.6) is 17.4 Å². The van der Waals surface area contributed by atoms with Gasteiger partial charge in [-0.3, -0.25) is 0 Å². The number of nitrogens with one attached hydrogen (secondary N) is 1. The molecule has 1 atom stereocenters. The van der Waals surface area contributed by atoms with Crippen LogP contribution >= 0.6 is 11.8 Å². The van der Waals surface area contributed by atoms with Gasteiger partial charge in [0.05, 0.1) is 0 Å². The molecule has 0 saturated heterocycles. The van der Waals surface area contributed by atoms with E-state index >= 15 is 0 Å². The van der Waals surface area contributed by atoms with Crippen molar-refractivity contribution in [1.29, 1.82) is 0 Å². The molecular formula is C19H16N4O3S. The van der Waals surface area contributed by atoms with Crippen LogP contribution in [0, 0.1) is 0 Å². The maximum atomic E-state index is 6.24. The largest absolute Gasteiger partial charge is 0.454 e. The Hall–Kier alpha value is -3.00. The fourth-order valence-corrected chi connectivity index (χ4v) is 3.57. The first-order chi connectivity index (χ1) is 13.3. The number of benzene rings is 2. The minimum absolute atomic E-state index is 0.234. The van der Waals surface area contributed by atoms with E-state index in [1.54, 1.807) is 0 Å². The van der Waals surface area contributed by atoms with Crippen LogP contribution < -0.4 is 19.5 Å². The van der Waals surface area contributed by atoms with Gasteiger partial charge in [0.1, 0.15) is 0 Å². The van der Waals surface area contributed by atoms with Crippen molar-refractivity contribution in [3.63, 3.8) is 0 Å². The van der Waals surface area contributed by atoms with Crippen LogP contribution in [0.1, 0.15) is 18.7 Å². The number of hydrogen-bond donors (Lipinski definition) is 1.